The van der Waals surface area contributed by atoms with Gasteiger partial charge in [0.2, 0.25) is 25.8 Å². The molecule has 0 spiro atoms. The van der Waals surface area contributed by atoms with Crippen molar-refractivity contribution in [1.82, 2.24) is 4.90 Å². The van der Waals surface area contributed by atoms with Crippen LogP contribution in [0.15, 0.2) is 28.1 Å². The average Bonchev–Trinajstić information content (AvgIpc) is 3.36. The molecule has 1 amide bonds. The van der Waals surface area contributed by atoms with Crippen molar-refractivity contribution in [2.75, 3.05) is 17.5 Å². The molecule has 10 nitrogen and oxygen atoms in total. The van der Waals surface area contributed by atoms with Crippen molar-refractivity contribution < 1.29 is 26.4 Å². The second kappa shape index (κ2) is 9.51. The van der Waals surface area contributed by atoms with Crippen molar-refractivity contribution in [2.24, 2.45) is 22.2 Å². The SMILES string of the molecule is CC(C)(C)[C@H]1C(=O)C(C2=Nc3ccc(NS(C)(=O)=O)cc3S(=O)(=O)C2C#N)C(=O)N1CCC1CCCC1. The second-order valence-electron chi connectivity index (χ2n) is 11.2. The molecule has 37 heavy (non-hydrogen) atoms. The van der Waals surface area contributed by atoms with Gasteiger partial charge in [-0.05, 0) is 36.0 Å². The number of amides is 1. The van der Waals surface area contributed by atoms with E-state index in [1.807, 2.05) is 20.8 Å². The molecule has 1 saturated carbocycles. The van der Waals surface area contributed by atoms with E-state index in [9.17, 15) is 31.7 Å². The van der Waals surface area contributed by atoms with Crippen molar-refractivity contribution in [3.05, 3.63) is 18.2 Å². The summed E-state index contributed by atoms with van der Waals surface area (Å²) in [5.74, 6) is -1.94. The molecule has 2 aliphatic heterocycles. The fourth-order valence-electron chi connectivity index (χ4n) is 5.70. The number of fused-ring (bicyclic) bond motifs is 1. The van der Waals surface area contributed by atoms with Gasteiger partial charge in [0.05, 0.1) is 34.7 Å². The minimum Gasteiger partial charge on any atom is -0.331 e. The molecule has 3 aliphatic rings. The number of nitrogens with one attached hydrogen (secondary N) is 1. The Bertz CT molecular complexity index is 1410. The molecule has 1 aromatic carbocycles. The number of sulfone groups is 1. The second-order valence-corrected chi connectivity index (χ2v) is 15.0. The highest BCUT2D eigenvalue weighted by atomic mass is 32.2. The first kappa shape index (κ1) is 27.3. The van der Waals surface area contributed by atoms with Gasteiger partial charge in [-0.3, -0.25) is 19.3 Å². The van der Waals surface area contributed by atoms with Crippen molar-refractivity contribution in [1.29, 1.82) is 5.26 Å². The van der Waals surface area contributed by atoms with Crippen molar-refractivity contribution in [3.63, 3.8) is 0 Å². The maximum Gasteiger partial charge on any atom is 0.239 e. The minimum absolute atomic E-state index is 0.000863. The van der Waals surface area contributed by atoms with Crippen molar-refractivity contribution >= 4 is 48.6 Å². The van der Waals surface area contributed by atoms with Crippen LogP contribution < -0.4 is 4.72 Å². The van der Waals surface area contributed by atoms with E-state index in [4.69, 9.17) is 0 Å². The lowest BCUT2D eigenvalue weighted by Crippen LogP contribution is -2.45. The quantitative estimate of drug-likeness (QED) is 0.536. The fourth-order valence-corrected chi connectivity index (χ4v) is 7.85. The van der Waals surface area contributed by atoms with E-state index in [0.717, 1.165) is 44.4 Å². The normalized spacial score (nSPS) is 26.1. The number of ketones is 1. The van der Waals surface area contributed by atoms with Gasteiger partial charge in [0, 0.05) is 12.2 Å². The van der Waals surface area contributed by atoms with Crippen molar-refractivity contribution in [2.45, 2.75) is 69.1 Å². The zero-order chi connectivity index (χ0) is 27.3. The Morgan fingerprint density at radius 2 is 1.84 bits per heavy atom. The molecule has 12 heteroatoms. The van der Waals surface area contributed by atoms with Crippen LogP contribution in [0.25, 0.3) is 0 Å². The number of nitriles is 1. The van der Waals surface area contributed by atoms with Crippen LogP contribution in [0.3, 0.4) is 0 Å². The third-order valence-electron chi connectivity index (χ3n) is 7.28. The van der Waals surface area contributed by atoms with Gasteiger partial charge in [-0.2, -0.15) is 5.26 Å². The number of nitrogens with zero attached hydrogens (tertiary/aromatic N) is 3. The molecule has 200 valence electrons. The molecule has 2 fully saturated rings. The molecular weight excluding hydrogens is 516 g/mol. The van der Waals surface area contributed by atoms with Crippen LogP contribution in [0.4, 0.5) is 11.4 Å². The third kappa shape index (κ3) is 5.16. The largest absolute Gasteiger partial charge is 0.331 e. The standard InChI is InChI=1S/C25H32N4O6S2/c1-25(2,3)23-22(30)20(24(31)29(23)12-11-15-7-5-6-8-15)21-19(14-26)37(34,35)18-13-16(28-36(4,32)33)9-10-17(18)27-21/h9-10,13,15,19-20,23,28H,5-8,11-12H2,1-4H3/t19?,20?,23-/m1/s1. The molecule has 0 aromatic heterocycles. The Hall–Kier alpha value is -2.78. The molecule has 1 N–H and O–H groups in total. The first-order chi connectivity index (χ1) is 17.1. The number of hydrogen-bond acceptors (Lipinski definition) is 8. The van der Waals surface area contributed by atoms with E-state index in [0.29, 0.717) is 12.5 Å². The van der Waals surface area contributed by atoms with Crippen LogP contribution >= 0.6 is 0 Å². The highest BCUT2D eigenvalue weighted by molar-refractivity contribution is 7.93. The van der Waals surface area contributed by atoms with Crippen LogP contribution in [0, 0.1) is 28.6 Å². The fraction of sp³-hybridized carbons (Fsp3) is 0.600. The summed E-state index contributed by atoms with van der Waals surface area (Å²) in [6.07, 6.45) is 6.19. The molecule has 4 rings (SSSR count). The number of rotatable bonds is 6. The number of anilines is 1. The summed E-state index contributed by atoms with van der Waals surface area (Å²) in [5, 5.41) is 8.05. The van der Waals surface area contributed by atoms with Gasteiger partial charge in [0.25, 0.3) is 0 Å². The summed E-state index contributed by atoms with van der Waals surface area (Å²) in [5.41, 5.74) is -0.930. The number of aliphatic imine (C=N–C) groups is 1. The Labute approximate surface area is 218 Å². The molecule has 2 unspecified atom stereocenters. The van der Waals surface area contributed by atoms with Gasteiger partial charge < -0.3 is 4.90 Å². The number of benzene rings is 1. The van der Waals surface area contributed by atoms with Crippen LogP contribution in [-0.4, -0.2) is 63.2 Å². The monoisotopic (exact) mass is 548 g/mol. The predicted molar refractivity (Wildman–Crippen MR) is 139 cm³/mol. The van der Waals surface area contributed by atoms with Crippen LogP contribution in [0.2, 0.25) is 0 Å². The molecule has 2 heterocycles. The highest BCUT2D eigenvalue weighted by Crippen LogP contribution is 2.41. The van der Waals surface area contributed by atoms with E-state index in [1.54, 1.807) is 11.0 Å². The molecule has 0 bridgehead atoms. The van der Waals surface area contributed by atoms with E-state index in [-0.39, 0.29) is 22.0 Å². The molecular formula is C25H32N4O6S2. The summed E-state index contributed by atoms with van der Waals surface area (Å²) in [6, 6.07) is 4.71. The number of carbonyl (C=O) groups is 2. The third-order valence-corrected chi connectivity index (χ3v) is 9.79. The van der Waals surface area contributed by atoms with Gasteiger partial charge in [0.15, 0.2) is 11.0 Å². The summed E-state index contributed by atoms with van der Waals surface area (Å²) in [6.45, 7) is 5.98. The van der Waals surface area contributed by atoms with Gasteiger partial charge in [-0.15, -0.1) is 0 Å². The maximum atomic E-state index is 13.7. The summed E-state index contributed by atoms with van der Waals surface area (Å²) in [4.78, 5) is 33.1. The average molecular weight is 549 g/mol. The molecule has 1 aliphatic carbocycles. The summed E-state index contributed by atoms with van der Waals surface area (Å²) in [7, 11) is -8.07. The van der Waals surface area contributed by atoms with Gasteiger partial charge in [-0.1, -0.05) is 46.5 Å². The maximum absolute atomic E-state index is 13.7. The molecule has 3 atom stereocenters. The predicted octanol–water partition coefficient (Wildman–Crippen LogP) is 2.83. The smallest absolute Gasteiger partial charge is 0.239 e. The molecule has 1 aromatic rings. The first-order valence-corrected chi connectivity index (χ1v) is 15.8. The van der Waals surface area contributed by atoms with E-state index in [2.05, 4.69) is 9.71 Å². The lowest BCUT2D eigenvalue weighted by atomic mass is 9.81. The number of sulfonamides is 1. The Kier molecular flexibility index (Phi) is 7.01. The van der Waals surface area contributed by atoms with Gasteiger partial charge >= 0.3 is 0 Å². The van der Waals surface area contributed by atoms with E-state index < -0.39 is 54.2 Å². The number of carbonyl (C=O) groups excluding carboxylic acids is 2. The Balaban J connectivity index is 1.76. The topological polar surface area (TPSA) is 154 Å². The lowest BCUT2D eigenvalue weighted by Gasteiger charge is -2.34. The van der Waals surface area contributed by atoms with Crippen molar-refractivity contribution in [3.8, 4) is 6.07 Å². The van der Waals surface area contributed by atoms with E-state index in [1.165, 1.54) is 12.1 Å². The molecule has 1 saturated heterocycles. The summed E-state index contributed by atoms with van der Waals surface area (Å²) >= 11 is 0. The number of Topliss-reactive ketones (excluding diaryl/α,β-unsaturated/α-hetero) is 1. The Morgan fingerprint density at radius 3 is 2.41 bits per heavy atom. The van der Waals surface area contributed by atoms with Gasteiger partial charge in [-0.25, -0.2) is 16.8 Å². The number of hydrogen-bond donors (Lipinski definition) is 1. The minimum atomic E-state index is -4.39. The van der Waals surface area contributed by atoms with E-state index >= 15 is 0 Å². The van der Waals surface area contributed by atoms with Gasteiger partial charge in [0.1, 0.15) is 5.92 Å². The number of likely N-dealkylation sites (tertiary alicyclic amines) is 1. The summed E-state index contributed by atoms with van der Waals surface area (Å²) < 4.78 is 52.4. The Morgan fingerprint density at radius 1 is 1.19 bits per heavy atom. The first-order valence-electron chi connectivity index (χ1n) is 12.3. The molecule has 0 radical (unpaired) electrons. The van der Waals surface area contributed by atoms with Crippen LogP contribution in [0.1, 0.15) is 52.9 Å². The van der Waals surface area contributed by atoms with Crippen LogP contribution in [-0.2, 0) is 29.4 Å². The highest BCUT2D eigenvalue weighted by Gasteiger charge is 2.56. The van der Waals surface area contributed by atoms with Crippen LogP contribution in [0.5, 0.6) is 0 Å². The lowest BCUT2D eigenvalue weighted by molar-refractivity contribution is -0.132. The zero-order valence-electron chi connectivity index (χ0n) is 21.4. The zero-order valence-corrected chi connectivity index (χ0v) is 23.0.